The maximum Gasteiger partial charge on any atom is 0.238 e. The average Bonchev–Trinajstić information content (AvgIpc) is 2.76. The lowest BCUT2D eigenvalue weighted by molar-refractivity contribution is 0.597. The van der Waals surface area contributed by atoms with Gasteiger partial charge in [-0.15, -0.1) is 0 Å². The number of aromatic nitrogens is 1. The van der Waals surface area contributed by atoms with Gasteiger partial charge in [-0.3, -0.25) is 0 Å². The highest BCUT2D eigenvalue weighted by molar-refractivity contribution is 7.89. The number of nitrogens with two attached hydrogens (primary N) is 1. The quantitative estimate of drug-likeness (QED) is 0.893. The van der Waals surface area contributed by atoms with Crippen molar-refractivity contribution in [3.8, 4) is 6.07 Å². The molecule has 0 bridgehead atoms. The van der Waals surface area contributed by atoms with Crippen molar-refractivity contribution in [1.82, 2.24) is 4.57 Å². The standard InChI is InChI=1S/C14H16N4O2S/c1-10-13(4-3-5-14(10)21(16,19)20)17-8-11-6-12(7-15)18(2)9-11/h3-6,9,17H,8H2,1-2H3,(H2,16,19,20). The number of primary sulfonamides is 1. The molecule has 0 fully saturated rings. The first kappa shape index (κ1) is 15.1. The minimum absolute atomic E-state index is 0.110. The van der Waals surface area contributed by atoms with E-state index >= 15 is 0 Å². The number of hydrogen-bond donors (Lipinski definition) is 2. The molecule has 0 saturated heterocycles. The summed E-state index contributed by atoms with van der Waals surface area (Å²) in [6, 6.07) is 8.78. The normalized spacial score (nSPS) is 11.1. The number of nitrogens with zero attached hydrogens (tertiary/aromatic N) is 2. The first-order valence-electron chi connectivity index (χ1n) is 6.24. The molecule has 2 rings (SSSR count). The zero-order valence-corrected chi connectivity index (χ0v) is 12.6. The second kappa shape index (κ2) is 5.60. The molecule has 1 heterocycles. The zero-order valence-electron chi connectivity index (χ0n) is 11.8. The summed E-state index contributed by atoms with van der Waals surface area (Å²) >= 11 is 0. The monoisotopic (exact) mass is 304 g/mol. The fourth-order valence-electron chi connectivity index (χ4n) is 2.15. The third-order valence-corrected chi connectivity index (χ3v) is 4.31. The van der Waals surface area contributed by atoms with Crippen LogP contribution >= 0.6 is 0 Å². The van der Waals surface area contributed by atoms with Gasteiger partial charge in [-0.25, -0.2) is 13.6 Å². The van der Waals surface area contributed by atoms with Crippen molar-refractivity contribution in [2.75, 3.05) is 5.32 Å². The summed E-state index contributed by atoms with van der Waals surface area (Å²) in [6.07, 6.45) is 1.85. The smallest absolute Gasteiger partial charge is 0.238 e. The van der Waals surface area contributed by atoms with Crippen molar-refractivity contribution in [3.63, 3.8) is 0 Å². The summed E-state index contributed by atoms with van der Waals surface area (Å²) in [7, 11) is -1.93. The second-order valence-electron chi connectivity index (χ2n) is 4.78. The third kappa shape index (κ3) is 3.24. The number of rotatable bonds is 4. The Morgan fingerprint density at radius 3 is 2.71 bits per heavy atom. The van der Waals surface area contributed by atoms with E-state index in [1.54, 1.807) is 36.7 Å². The van der Waals surface area contributed by atoms with Crippen molar-refractivity contribution < 1.29 is 8.42 Å². The van der Waals surface area contributed by atoms with Crippen molar-refractivity contribution in [1.29, 1.82) is 5.26 Å². The van der Waals surface area contributed by atoms with Gasteiger partial charge >= 0.3 is 0 Å². The van der Waals surface area contributed by atoms with Crippen LogP contribution in [0.3, 0.4) is 0 Å². The molecule has 0 aliphatic heterocycles. The van der Waals surface area contributed by atoms with E-state index in [1.807, 2.05) is 6.20 Å². The lowest BCUT2D eigenvalue weighted by Crippen LogP contribution is -2.14. The van der Waals surface area contributed by atoms with E-state index in [-0.39, 0.29) is 4.90 Å². The molecule has 0 saturated carbocycles. The van der Waals surface area contributed by atoms with Gasteiger partial charge in [-0.1, -0.05) is 6.07 Å². The Labute approximate surface area is 123 Å². The fraction of sp³-hybridized carbons (Fsp3) is 0.214. The van der Waals surface area contributed by atoms with Crippen molar-refractivity contribution >= 4 is 15.7 Å². The molecule has 0 unspecified atom stereocenters. The summed E-state index contributed by atoms with van der Waals surface area (Å²) < 4.78 is 24.7. The van der Waals surface area contributed by atoms with Crippen molar-refractivity contribution in [2.24, 2.45) is 12.2 Å². The topological polar surface area (TPSA) is 101 Å². The SMILES string of the molecule is Cc1c(NCc2cc(C#N)n(C)c2)cccc1S(N)(=O)=O. The highest BCUT2D eigenvalue weighted by atomic mass is 32.2. The van der Waals surface area contributed by atoms with Gasteiger partial charge in [-0.2, -0.15) is 5.26 Å². The van der Waals surface area contributed by atoms with E-state index in [0.717, 1.165) is 5.56 Å². The molecule has 0 radical (unpaired) electrons. The van der Waals surface area contributed by atoms with Gasteiger partial charge in [0.2, 0.25) is 10.0 Å². The number of nitrogens with one attached hydrogen (secondary N) is 1. The van der Waals surface area contributed by atoms with Crippen LogP contribution in [-0.4, -0.2) is 13.0 Å². The third-order valence-electron chi connectivity index (χ3n) is 3.25. The van der Waals surface area contributed by atoms with Crippen LogP contribution in [0.4, 0.5) is 5.69 Å². The molecule has 6 nitrogen and oxygen atoms in total. The molecule has 0 aliphatic carbocycles. The molecule has 1 aromatic carbocycles. The van der Waals surface area contributed by atoms with Crippen molar-refractivity contribution in [3.05, 3.63) is 47.3 Å². The van der Waals surface area contributed by atoms with E-state index in [1.165, 1.54) is 6.07 Å². The molecule has 0 aliphatic rings. The van der Waals surface area contributed by atoms with Crippen LogP contribution < -0.4 is 10.5 Å². The fourth-order valence-corrected chi connectivity index (χ4v) is 2.96. The van der Waals surface area contributed by atoms with Crippen LogP contribution in [0.1, 0.15) is 16.8 Å². The number of nitriles is 1. The first-order valence-corrected chi connectivity index (χ1v) is 7.79. The van der Waals surface area contributed by atoms with Crippen LogP contribution in [0.15, 0.2) is 35.4 Å². The predicted molar refractivity (Wildman–Crippen MR) is 80.0 cm³/mol. The molecular weight excluding hydrogens is 288 g/mol. The van der Waals surface area contributed by atoms with Gasteiger partial charge in [0.1, 0.15) is 11.8 Å². The lowest BCUT2D eigenvalue weighted by Gasteiger charge is -2.11. The largest absolute Gasteiger partial charge is 0.381 e. The van der Waals surface area contributed by atoms with E-state index in [4.69, 9.17) is 10.4 Å². The summed E-state index contributed by atoms with van der Waals surface area (Å²) in [5, 5.41) is 17.3. The number of benzene rings is 1. The van der Waals surface area contributed by atoms with Crippen LogP contribution in [0.2, 0.25) is 0 Å². The summed E-state index contributed by atoms with van der Waals surface area (Å²) in [5.41, 5.74) is 2.79. The van der Waals surface area contributed by atoms with E-state index in [0.29, 0.717) is 23.5 Å². The van der Waals surface area contributed by atoms with Crippen LogP contribution in [0.25, 0.3) is 0 Å². The Kier molecular flexibility index (Phi) is 4.02. The van der Waals surface area contributed by atoms with E-state index < -0.39 is 10.0 Å². The van der Waals surface area contributed by atoms with Crippen LogP contribution in [0.5, 0.6) is 0 Å². The predicted octanol–water partition coefficient (Wildman–Crippen LogP) is 1.46. The Hall–Kier alpha value is -2.30. The molecule has 2 aromatic rings. The first-order chi connectivity index (χ1) is 9.82. The van der Waals surface area contributed by atoms with Crippen LogP contribution in [0, 0.1) is 18.3 Å². The summed E-state index contributed by atoms with van der Waals surface area (Å²) in [5.74, 6) is 0. The Morgan fingerprint density at radius 2 is 2.14 bits per heavy atom. The van der Waals surface area contributed by atoms with Gasteiger partial charge in [0.05, 0.1) is 4.90 Å². The molecule has 1 aromatic heterocycles. The highest BCUT2D eigenvalue weighted by Gasteiger charge is 2.13. The summed E-state index contributed by atoms with van der Waals surface area (Å²) in [6.45, 7) is 2.19. The lowest BCUT2D eigenvalue weighted by atomic mass is 10.2. The maximum absolute atomic E-state index is 11.5. The molecule has 7 heteroatoms. The number of sulfonamides is 1. The molecule has 3 N–H and O–H groups in total. The molecule has 110 valence electrons. The maximum atomic E-state index is 11.5. The minimum Gasteiger partial charge on any atom is -0.381 e. The van der Waals surface area contributed by atoms with Gasteiger partial charge in [0, 0.05) is 25.5 Å². The highest BCUT2D eigenvalue weighted by Crippen LogP contribution is 2.22. The van der Waals surface area contributed by atoms with E-state index in [9.17, 15) is 8.42 Å². The Bertz CT molecular complexity index is 816. The molecule has 0 spiro atoms. The van der Waals surface area contributed by atoms with Crippen LogP contribution in [-0.2, 0) is 23.6 Å². The van der Waals surface area contributed by atoms with Gasteiger partial charge in [0.25, 0.3) is 0 Å². The number of hydrogen-bond acceptors (Lipinski definition) is 4. The molecular formula is C14H16N4O2S. The molecule has 0 amide bonds. The zero-order chi connectivity index (χ0) is 15.6. The summed E-state index contributed by atoms with van der Waals surface area (Å²) in [4.78, 5) is 0.110. The minimum atomic E-state index is -3.73. The van der Waals surface area contributed by atoms with E-state index in [2.05, 4.69) is 11.4 Å². The Morgan fingerprint density at radius 1 is 1.43 bits per heavy atom. The average molecular weight is 304 g/mol. The molecule has 0 atom stereocenters. The number of anilines is 1. The van der Waals surface area contributed by atoms with Gasteiger partial charge in [0.15, 0.2) is 0 Å². The number of aryl methyl sites for hydroxylation is 1. The van der Waals surface area contributed by atoms with Gasteiger partial charge < -0.3 is 9.88 Å². The molecule has 21 heavy (non-hydrogen) atoms. The van der Waals surface area contributed by atoms with Crippen molar-refractivity contribution in [2.45, 2.75) is 18.4 Å². The second-order valence-corrected chi connectivity index (χ2v) is 6.31. The Balaban J connectivity index is 2.23. The van der Waals surface area contributed by atoms with Gasteiger partial charge in [-0.05, 0) is 36.2 Å².